The van der Waals surface area contributed by atoms with Gasteiger partial charge in [-0.25, -0.2) is 5.43 Å². The summed E-state index contributed by atoms with van der Waals surface area (Å²) in [7, 11) is 0. The number of nitrogens with one attached hydrogen (secondary N) is 2. The minimum atomic E-state index is -4.47. The summed E-state index contributed by atoms with van der Waals surface area (Å²) < 4.78 is 45.6. The van der Waals surface area contributed by atoms with Gasteiger partial charge < -0.3 is 15.2 Å². The third kappa shape index (κ3) is 6.29. The van der Waals surface area contributed by atoms with Crippen LogP contribution in [0.3, 0.4) is 0 Å². The van der Waals surface area contributed by atoms with E-state index in [1.165, 1.54) is 23.9 Å². The van der Waals surface area contributed by atoms with E-state index in [4.69, 9.17) is 10.00 Å². The van der Waals surface area contributed by atoms with Crippen LogP contribution in [-0.2, 0) is 4.74 Å². The predicted molar refractivity (Wildman–Crippen MR) is 122 cm³/mol. The number of anilines is 2. The van der Waals surface area contributed by atoms with E-state index in [1.54, 1.807) is 18.2 Å². The monoisotopic (exact) mass is 472 g/mol. The van der Waals surface area contributed by atoms with Crippen LogP contribution in [-0.4, -0.2) is 30.7 Å². The number of aliphatic hydroxyl groups is 1. The Morgan fingerprint density at radius 2 is 2.00 bits per heavy atom. The standard InChI is InChI=1S/C25H27F3N4O2/c26-25(27,28)24-13-22(32(31-24)21-6-1-3-18(11-21)14-29)15-34-16-30-20-5-2-4-19(12-20)23(33)10-9-17-7-8-17/h1-6,11-13,17,23-24,30-31,33H,7-10,15-16H2. The van der Waals surface area contributed by atoms with Gasteiger partial charge in [0.2, 0.25) is 0 Å². The normalized spacial score (nSPS) is 19.0. The second-order valence-electron chi connectivity index (χ2n) is 8.64. The molecular formula is C25H27F3N4O2. The number of ether oxygens (including phenoxy) is 1. The molecule has 0 aromatic heterocycles. The molecule has 2 unspecified atom stereocenters. The summed E-state index contributed by atoms with van der Waals surface area (Å²) in [5.74, 6) is 0.752. The van der Waals surface area contributed by atoms with Crippen LogP contribution in [0.4, 0.5) is 24.5 Å². The lowest BCUT2D eigenvalue weighted by atomic mass is 10.0. The van der Waals surface area contributed by atoms with Gasteiger partial charge in [-0.3, -0.25) is 5.01 Å². The minimum absolute atomic E-state index is 0.0712. The fraction of sp³-hybridized carbons (Fsp3) is 0.400. The molecule has 4 rings (SSSR count). The van der Waals surface area contributed by atoms with E-state index in [1.807, 2.05) is 30.3 Å². The molecule has 0 amide bonds. The molecule has 0 saturated heterocycles. The summed E-state index contributed by atoms with van der Waals surface area (Å²) in [6.07, 6.45) is 0.356. The topological polar surface area (TPSA) is 80.6 Å². The smallest absolute Gasteiger partial charge is 0.388 e. The van der Waals surface area contributed by atoms with Crippen LogP contribution in [0.5, 0.6) is 0 Å². The van der Waals surface area contributed by atoms with E-state index in [2.05, 4.69) is 10.7 Å². The van der Waals surface area contributed by atoms with E-state index in [-0.39, 0.29) is 13.3 Å². The molecule has 0 bridgehead atoms. The Morgan fingerprint density at radius 3 is 2.74 bits per heavy atom. The number of hydrogen-bond donors (Lipinski definition) is 3. The van der Waals surface area contributed by atoms with Crippen molar-refractivity contribution in [2.45, 2.75) is 44.0 Å². The molecule has 180 valence electrons. The number of hydrogen-bond acceptors (Lipinski definition) is 6. The molecule has 2 aromatic carbocycles. The van der Waals surface area contributed by atoms with Crippen molar-refractivity contribution in [2.24, 2.45) is 5.92 Å². The van der Waals surface area contributed by atoms with Crippen LogP contribution in [0.2, 0.25) is 0 Å². The van der Waals surface area contributed by atoms with Gasteiger partial charge in [-0.1, -0.05) is 31.0 Å². The van der Waals surface area contributed by atoms with Crippen molar-refractivity contribution in [3.8, 4) is 6.07 Å². The first-order valence-corrected chi connectivity index (χ1v) is 11.3. The Kier molecular flexibility index (Phi) is 7.41. The molecule has 1 heterocycles. The first-order chi connectivity index (χ1) is 16.3. The number of hydrazine groups is 1. The summed E-state index contributed by atoms with van der Waals surface area (Å²) in [5.41, 5.74) is 5.07. The fourth-order valence-electron chi connectivity index (χ4n) is 3.87. The third-order valence-electron chi connectivity index (χ3n) is 5.95. The molecule has 3 N–H and O–H groups in total. The zero-order valence-electron chi connectivity index (χ0n) is 18.6. The highest BCUT2D eigenvalue weighted by Gasteiger charge is 2.43. The molecule has 2 atom stereocenters. The van der Waals surface area contributed by atoms with Gasteiger partial charge in [0, 0.05) is 5.69 Å². The number of benzene rings is 2. The number of halogens is 3. The van der Waals surface area contributed by atoms with E-state index in [9.17, 15) is 18.3 Å². The lowest BCUT2D eigenvalue weighted by Gasteiger charge is -2.25. The molecule has 9 heteroatoms. The van der Waals surface area contributed by atoms with Gasteiger partial charge in [0.15, 0.2) is 0 Å². The van der Waals surface area contributed by atoms with Gasteiger partial charge >= 0.3 is 6.18 Å². The number of nitriles is 1. The average Bonchev–Trinajstić information content (AvgIpc) is 3.56. The van der Waals surface area contributed by atoms with Crippen molar-refractivity contribution in [1.82, 2.24) is 5.43 Å². The molecular weight excluding hydrogens is 445 g/mol. The molecule has 0 radical (unpaired) electrons. The van der Waals surface area contributed by atoms with E-state index >= 15 is 0 Å². The maximum atomic E-state index is 13.3. The summed E-state index contributed by atoms with van der Waals surface area (Å²) in [5, 5.41) is 23.9. The lowest BCUT2D eigenvalue weighted by Crippen LogP contribution is -2.45. The van der Waals surface area contributed by atoms with Crippen molar-refractivity contribution in [3.63, 3.8) is 0 Å². The van der Waals surface area contributed by atoms with Crippen molar-refractivity contribution >= 4 is 11.4 Å². The highest BCUT2D eigenvalue weighted by atomic mass is 19.4. The van der Waals surface area contributed by atoms with Crippen LogP contribution in [0.1, 0.15) is 42.9 Å². The van der Waals surface area contributed by atoms with Crippen molar-refractivity contribution in [3.05, 3.63) is 71.4 Å². The highest BCUT2D eigenvalue weighted by molar-refractivity contribution is 5.56. The van der Waals surface area contributed by atoms with Crippen LogP contribution < -0.4 is 15.8 Å². The van der Waals surface area contributed by atoms with Crippen LogP contribution in [0.25, 0.3) is 0 Å². The van der Waals surface area contributed by atoms with Gasteiger partial charge in [0.05, 0.1) is 35.7 Å². The molecule has 1 aliphatic carbocycles. The van der Waals surface area contributed by atoms with Gasteiger partial charge in [-0.05, 0) is 60.7 Å². The molecule has 2 aromatic rings. The first kappa shape index (κ1) is 24.1. The fourth-order valence-corrected chi connectivity index (χ4v) is 3.87. The third-order valence-corrected chi connectivity index (χ3v) is 5.95. The lowest BCUT2D eigenvalue weighted by molar-refractivity contribution is -0.142. The predicted octanol–water partition coefficient (Wildman–Crippen LogP) is 5.01. The Bertz CT molecular complexity index is 1060. The van der Waals surface area contributed by atoms with Crippen LogP contribution in [0.15, 0.2) is 60.3 Å². The second kappa shape index (κ2) is 10.5. The molecule has 1 fully saturated rings. The van der Waals surface area contributed by atoms with E-state index in [0.717, 1.165) is 36.1 Å². The maximum absolute atomic E-state index is 13.3. The largest absolute Gasteiger partial charge is 0.409 e. The summed E-state index contributed by atoms with van der Waals surface area (Å²) >= 11 is 0. The molecule has 1 saturated carbocycles. The Balaban J connectivity index is 1.34. The van der Waals surface area contributed by atoms with Gasteiger partial charge in [0.1, 0.15) is 12.8 Å². The number of nitrogens with zero attached hydrogens (tertiary/aromatic N) is 2. The Morgan fingerprint density at radius 1 is 1.21 bits per heavy atom. The zero-order chi connectivity index (χ0) is 24.1. The van der Waals surface area contributed by atoms with Crippen LogP contribution >= 0.6 is 0 Å². The summed E-state index contributed by atoms with van der Waals surface area (Å²) in [6, 6.07) is 13.9. The first-order valence-electron chi connectivity index (χ1n) is 11.3. The van der Waals surface area contributed by atoms with Gasteiger partial charge in [-0.15, -0.1) is 0 Å². The minimum Gasteiger partial charge on any atom is -0.388 e. The SMILES string of the molecule is N#Cc1cccc(N2NC(C(F)(F)F)C=C2COCNc2cccc(C(O)CCC3CC3)c2)c1. The Labute approximate surface area is 196 Å². The maximum Gasteiger partial charge on any atom is 0.409 e. The number of aliphatic hydroxyl groups excluding tert-OH is 1. The van der Waals surface area contributed by atoms with E-state index < -0.39 is 18.3 Å². The molecule has 1 aliphatic heterocycles. The zero-order valence-corrected chi connectivity index (χ0v) is 18.6. The quantitative estimate of drug-likeness (QED) is 0.333. The summed E-state index contributed by atoms with van der Waals surface area (Å²) in [6.45, 7) is -0.00517. The summed E-state index contributed by atoms with van der Waals surface area (Å²) in [4.78, 5) is 0. The molecule has 0 spiro atoms. The van der Waals surface area contributed by atoms with Gasteiger partial charge in [0.25, 0.3) is 0 Å². The highest BCUT2D eigenvalue weighted by Crippen LogP contribution is 2.36. The average molecular weight is 473 g/mol. The Hall–Kier alpha value is -3.06. The van der Waals surface area contributed by atoms with Crippen molar-refractivity contribution in [1.29, 1.82) is 5.26 Å². The second-order valence-corrected chi connectivity index (χ2v) is 8.64. The molecule has 34 heavy (non-hydrogen) atoms. The van der Waals surface area contributed by atoms with Crippen molar-refractivity contribution < 1.29 is 23.0 Å². The van der Waals surface area contributed by atoms with Gasteiger partial charge in [-0.2, -0.15) is 18.4 Å². The van der Waals surface area contributed by atoms with Crippen molar-refractivity contribution in [2.75, 3.05) is 23.7 Å². The van der Waals surface area contributed by atoms with Crippen LogP contribution in [0, 0.1) is 17.2 Å². The molecule has 6 nitrogen and oxygen atoms in total. The molecule has 2 aliphatic rings. The number of rotatable bonds is 10. The number of alkyl halides is 3. The van der Waals surface area contributed by atoms with E-state index in [0.29, 0.717) is 16.9 Å².